The molecule has 5 heteroatoms. The Morgan fingerprint density at radius 2 is 2.29 bits per heavy atom. The molecule has 0 saturated heterocycles. The molecule has 1 amide bonds. The summed E-state index contributed by atoms with van der Waals surface area (Å²) in [6.07, 6.45) is 6.43. The van der Waals surface area contributed by atoms with Gasteiger partial charge in [-0.15, -0.1) is 0 Å². The smallest absolute Gasteiger partial charge is 0.252 e. The van der Waals surface area contributed by atoms with Crippen LogP contribution in [0.1, 0.15) is 28.0 Å². The van der Waals surface area contributed by atoms with Crippen molar-refractivity contribution in [3.05, 3.63) is 41.3 Å². The first-order chi connectivity index (χ1) is 8.25. The van der Waals surface area contributed by atoms with E-state index in [0.717, 1.165) is 30.5 Å². The molecule has 0 unspecified atom stereocenters. The standard InChI is InChI=1S/C12H12N4O/c13-11(17)9-7-8-3-1-4-10(8)15-12(9)16-6-2-5-14-16/h2,5-7H,1,3-4H2,(H2,13,17). The molecule has 0 saturated carbocycles. The predicted octanol–water partition coefficient (Wildman–Crippen LogP) is 0.855. The minimum Gasteiger partial charge on any atom is -0.365 e. The summed E-state index contributed by atoms with van der Waals surface area (Å²) >= 11 is 0. The van der Waals surface area contributed by atoms with Crippen molar-refractivity contribution in [2.75, 3.05) is 0 Å². The van der Waals surface area contributed by atoms with Gasteiger partial charge in [0.2, 0.25) is 0 Å². The highest BCUT2D eigenvalue weighted by molar-refractivity contribution is 5.96. The van der Waals surface area contributed by atoms with Gasteiger partial charge in [0.25, 0.3) is 5.91 Å². The Hall–Kier alpha value is -2.17. The predicted molar refractivity (Wildman–Crippen MR) is 61.9 cm³/mol. The summed E-state index contributed by atoms with van der Waals surface area (Å²) in [5, 5.41) is 4.10. The van der Waals surface area contributed by atoms with Gasteiger partial charge in [-0.25, -0.2) is 9.67 Å². The van der Waals surface area contributed by atoms with Gasteiger partial charge in [0.1, 0.15) is 0 Å². The summed E-state index contributed by atoms with van der Waals surface area (Å²) in [5.74, 6) is 0.0702. The number of carbonyl (C=O) groups excluding carboxylic acids is 1. The van der Waals surface area contributed by atoms with Crippen LogP contribution < -0.4 is 5.73 Å². The third-order valence-electron chi connectivity index (χ3n) is 3.02. The molecule has 1 aliphatic rings. The zero-order chi connectivity index (χ0) is 11.8. The lowest BCUT2D eigenvalue weighted by molar-refractivity contribution is 0.0999. The van der Waals surface area contributed by atoms with Gasteiger partial charge in [-0.2, -0.15) is 5.10 Å². The Balaban J connectivity index is 2.22. The molecule has 1 aliphatic carbocycles. The zero-order valence-electron chi connectivity index (χ0n) is 9.26. The van der Waals surface area contributed by atoms with E-state index in [4.69, 9.17) is 5.73 Å². The summed E-state index contributed by atoms with van der Waals surface area (Å²) < 4.78 is 1.58. The monoisotopic (exact) mass is 228 g/mol. The third-order valence-corrected chi connectivity index (χ3v) is 3.02. The number of pyridine rings is 1. The molecule has 0 atom stereocenters. The van der Waals surface area contributed by atoms with E-state index in [-0.39, 0.29) is 0 Å². The Bertz CT molecular complexity index is 574. The second-order valence-electron chi connectivity index (χ2n) is 4.13. The molecular formula is C12H12N4O. The molecule has 2 heterocycles. The summed E-state index contributed by atoms with van der Waals surface area (Å²) in [6.45, 7) is 0. The first-order valence-electron chi connectivity index (χ1n) is 5.58. The molecule has 0 aromatic carbocycles. The second-order valence-corrected chi connectivity index (χ2v) is 4.13. The van der Waals surface area contributed by atoms with Crippen LogP contribution >= 0.6 is 0 Å². The highest BCUT2D eigenvalue weighted by Crippen LogP contribution is 2.24. The maximum atomic E-state index is 11.5. The number of hydrogen-bond acceptors (Lipinski definition) is 3. The van der Waals surface area contributed by atoms with E-state index >= 15 is 0 Å². The van der Waals surface area contributed by atoms with E-state index in [1.54, 1.807) is 23.1 Å². The van der Waals surface area contributed by atoms with E-state index < -0.39 is 5.91 Å². The highest BCUT2D eigenvalue weighted by atomic mass is 16.1. The molecule has 3 rings (SSSR count). The van der Waals surface area contributed by atoms with Crippen molar-refractivity contribution in [2.45, 2.75) is 19.3 Å². The fourth-order valence-corrected chi connectivity index (χ4v) is 2.21. The van der Waals surface area contributed by atoms with Crippen LogP contribution in [-0.4, -0.2) is 20.7 Å². The largest absolute Gasteiger partial charge is 0.365 e. The molecule has 86 valence electrons. The van der Waals surface area contributed by atoms with Crippen LogP contribution in [0.4, 0.5) is 0 Å². The molecule has 2 aromatic heterocycles. The lowest BCUT2D eigenvalue weighted by Gasteiger charge is -2.08. The number of nitrogens with zero attached hydrogens (tertiary/aromatic N) is 3. The van der Waals surface area contributed by atoms with Crippen LogP contribution in [-0.2, 0) is 12.8 Å². The number of fused-ring (bicyclic) bond motifs is 1. The third kappa shape index (κ3) is 1.60. The van der Waals surface area contributed by atoms with Crippen molar-refractivity contribution in [1.29, 1.82) is 0 Å². The lowest BCUT2D eigenvalue weighted by atomic mass is 10.1. The molecule has 5 nitrogen and oxygen atoms in total. The number of nitrogens with two attached hydrogens (primary N) is 1. The highest BCUT2D eigenvalue weighted by Gasteiger charge is 2.19. The average molecular weight is 228 g/mol. The maximum absolute atomic E-state index is 11.5. The molecular weight excluding hydrogens is 216 g/mol. The van der Waals surface area contributed by atoms with Gasteiger partial charge in [-0.05, 0) is 37.0 Å². The molecule has 0 spiro atoms. The first-order valence-corrected chi connectivity index (χ1v) is 5.58. The maximum Gasteiger partial charge on any atom is 0.252 e. The van der Waals surface area contributed by atoms with Gasteiger partial charge >= 0.3 is 0 Å². The number of aryl methyl sites for hydroxylation is 2. The van der Waals surface area contributed by atoms with Crippen LogP contribution in [0.3, 0.4) is 0 Å². The van der Waals surface area contributed by atoms with Gasteiger partial charge in [-0.3, -0.25) is 4.79 Å². The van der Waals surface area contributed by atoms with E-state index in [9.17, 15) is 4.79 Å². The van der Waals surface area contributed by atoms with Crippen molar-refractivity contribution >= 4 is 5.91 Å². The number of aromatic nitrogens is 3. The quantitative estimate of drug-likeness (QED) is 0.828. The van der Waals surface area contributed by atoms with Crippen LogP contribution in [0.15, 0.2) is 24.5 Å². The number of amides is 1. The number of rotatable bonds is 2. The van der Waals surface area contributed by atoms with Crippen molar-refractivity contribution in [3.63, 3.8) is 0 Å². The Morgan fingerprint density at radius 3 is 3.00 bits per heavy atom. The fraction of sp³-hybridized carbons (Fsp3) is 0.250. The molecule has 0 bridgehead atoms. The number of hydrogen-bond donors (Lipinski definition) is 1. The first kappa shape index (κ1) is 10.0. The molecule has 17 heavy (non-hydrogen) atoms. The van der Waals surface area contributed by atoms with Crippen molar-refractivity contribution in [3.8, 4) is 5.82 Å². The zero-order valence-corrected chi connectivity index (χ0v) is 9.26. The summed E-state index contributed by atoms with van der Waals surface area (Å²) in [4.78, 5) is 16.0. The molecule has 2 aromatic rings. The molecule has 2 N–H and O–H groups in total. The minimum atomic E-state index is -0.460. The van der Waals surface area contributed by atoms with Gasteiger partial charge in [0.15, 0.2) is 5.82 Å². The van der Waals surface area contributed by atoms with E-state index in [1.165, 1.54) is 0 Å². The number of primary amides is 1. The normalized spacial score (nSPS) is 13.6. The van der Waals surface area contributed by atoms with E-state index in [0.29, 0.717) is 11.4 Å². The number of carbonyl (C=O) groups is 1. The Labute approximate surface area is 98.3 Å². The summed E-state index contributed by atoms with van der Waals surface area (Å²) in [6, 6.07) is 3.65. The fourth-order valence-electron chi connectivity index (χ4n) is 2.21. The summed E-state index contributed by atoms with van der Waals surface area (Å²) in [5.41, 5.74) is 8.02. The SMILES string of the molecule is NC(=O)c1cc2c(nc1-n1cccn1)CCC2. The van der Waals surface area contributed by atoms with Crippen LogP contribution in [0, 0.1) is 0 Å². The van der Waals surface area contributed by atoms with Crippen LogP contribution in [0.5, 0.6) is 0 Å². The van der Waals surface area contributed by atoms with E-state index in [2.05, 4.69) is 10.1 Å². The lowest BCUT2D eigenvalue weighted by Crippen LogP contribution is -2.17. The van der Waals surface area contributed by atoms with Gasteiger partial charge in [-0.1, -0.05) is 0 Å². The van der Waals surface area contributed by atoms with Gasteiger partial charge in [0, 0.05) is 18.1 Å². The van der Waals surface area contributed by atoms with Crippen molar-refractivity contribution in [1.82, 2.24) is 14.8 Å². The molecule has 0 fully saturated rings. The van der Waals surface area contributed by atoms with Crippen molar-refractivity contribution < 1.29 is 4.79 Å². The van der Waals surface area contributed by atoms with E-state index in [1.807, 2.05) is 6.07 Å². The minimum absolute atomic E-state index is 0.439. The molecule has 0 radical (unpaired) electrons. The second kappa shape index (κ2) is 3.69. The van der Waals surface area contributed by atoms with Crippen molar-refractivity contribution in [2.24, 2.45) is 5.73 Å². The van der Waals surface area contributed by atoms with Crippen LogP contribution in [0.2, 0.25) is 0 Å². The Morgan fingerprint density at radius 1 is 1.41 bits per heavy atom. The Kier molecular flexibility index (Phi) is 2.18. The van der Waals surface area contributed by atoms with Gasteiger partial charge < -0.3 is 5.73 Å². The van der Waals surface area contributed by atoms with Gasteiger partial charge in [0.05, 0.1) is 5.56 Å². The average Bonchev–Trinajstić information content (AvgIpc) is 2.98. The van der Waals surface area contributed by atoms with Crippen LogP contribution in [0.25, 0.3) is 5.82 Å². The topological polar surface area (TPSA) is 73.8 Å². The summed E-state index contributed by atoms with van der Waals surface area (Å²) in [7, 11) is 0. The molecule has 0 aliphatic heterocycles.